The highest BCUT2D eigenvalue weighted by molar-refractivity contribution is 5.91. The summed E-state index contributed by atoms with van der Waals surface area (Å²) in [6.45, 7) is 3.94. The van der Waals surface area contributed by atoms with Gasteiger partial charge in [0.25, 0.3) is 0 Å². The number of H-pyrrole nitrogens is 1. The molecule has 4 fully saturated rings. The van der Waals surface area contributed by atoms with Crippen molar-refractivity contribution in [2.75, 3.05) is 0 Å². The summed E-state index contributed by atoms with van der Waals surface area (Å²) in [5.41, 5.74) is 3.58. The van der Waals surface area contributed by atoms with E-state index in [2.05, 4.69) is 4.98 Å². The van der Waals surface area contributed by atoms with E-state index in [4.69, 9.17) is 0 Å². The zero-order valence-corrected chi connectivity index (χ0v) is 12.3. The summed E-state index contributed by atoms with van der Waals surface area (Å²) in [5.74, 6) is 3.03. The van der Waals surface area contributed by atoms with Gasteiger partial charge in [-0.3, -0.25) is 0 Å². The molecular formula is C17H23NO2. The summed E-state index contributed by atoms with van der Waals surface area (Å²) in [7, 11) is 0. The van der Waals surface area contributed by atoms with Crippen molar-refractivity contribution in [3.8, 4) is 0 Å². The summed E-state index contributed by atoms with van der Waals surface area (Å²) >= 11 is 0. The first-order valence-corrected chi connectivity index (χ1v) is 7.97. The average molecular weight is 273 g/mol. The van der Waals surface area contributed by atoms with Crippen molar-refractivity contribution in [1.82, 2.24) is 4.98 Å². The van der Waals surface area contributed by atoms with Crippen LogP contribution in [0.2, 0.25) is 0 Å². The van der Waals surface area contributed by atoms with Gasteiger partial charge in [0.05, 0.1) is 5.56 Å². The highest BCUT2D eigenvalue weighted by atomic mass is 16.4. The molecule has 1 aromatic rings. The molecule has 2 N–H and O–H groups in total. The monoisotopic (exact) mass is 273 g/mol. The lowest BCUT2D eigenvalue weighted by Gasteiger charge is -2.54. The molecular weight excluding hydrogens is 250 g/mol. The van der Waals surface area contributed by atoms with Gasteiger partial charge in [0, 0.05) is 17.3 Å². The molecule has 4 bridgehead atoms. The minimum atomic E-state index is -0.754. The van der Waals surface area contributed by atoms with Crippen LogP contribution in [-0.2, 0) is 0 Å². The van der Waals surface area contributed by atoms with Gasteiger partial charge in [0.1, 0.15) is 0 Å². The number of aromatic amines is 1. The van der Waals surface area contributed by atoms with Gasteiger partial charge in [-0.2, -0.15) is 0 Å². The quantitative estimate of drug-likeness (QED) is 0.859. The number of aromatic nitrogens is 1. The maximum atomic E-state index is 11.7. The van der Waals surface area contributed by atoms with Crippen LogP contribution in [0.1, 0.15) is 65.3 Å². The molecule has 20 heavy (non-hydrogen) atoms. The number of hydrogen-bond donors (Lipinski definition) is 2. The maximum absolute atomic E-state index is 11.7. The van der Waals surface area contributed by atoms with Gasteiger partial charge in [-0.25, -0.2) is 4.79 Å². The molecule has 0 amide bonds. The molecule has 4 aliphatic rings. The minimum absolute atomic E-state index is 0.473. The van der Waals surface area contributed by atoms with Crippen LogP contribution >= 0.6 is 0 Å². The predicted molar refractivity (Wildman–Crippen MR) is 77.0 cm³/mol. The molecule has 1 aromatic heterocycles. The second kappa shape index (κ2) is 4.12. The van der Waals surface area contributed by atoms with Crippen LogP contribution in [0.5, 0.6) is 0 Å². The Labute approximate surface area is 119 Å². The molecule has 3 heteroatoms. The number of aromatic carboxylic acids is 1. The topological polar surface area (TPSA) is 53.1 Å². The predicted octanol–water partition coefficient (Wildman–Crippen LogP) is 3.87. The lowest BCUT2D eigenvalue weighted by Crippen LogP contribution is -2.44. The van der Waals surface area contributed by atoms with Crippen molar-refractivity contribution in [2.24, 2.45) is 23.7 Å². The van der Waals surface area contributed by atoms with E-state index in [9.17, 15) is 9.90 Å². The number of nitrogens with one attached hydrogen (secondary N) is 1. The van der Waals surface area contributed by atoms with E-state index in [1.165, 1.54) is 32.1 Å². The van der Waals surface area contributed by atoms with Crippen LogP contribution < -0.4 is 0 Å². The van der Waals surface area contributed by atoms with Crippen molar-refractivity contribution in [3.63, 3.8) is 0 Å². The van der Waals surface area contributed by atoms with E-state index in [1.54, 1.807) is 0 Å². The summed E-state index contributed by atoms with van der Waals surface area (Å²) < 4.78 is 0. The number of rotatable bonds is 2. The first-order chi connectivity index (χ1) is 9.54. The molecule has 0 saturated heterocycles. The van der Waals surface area contributed by atoms with Crippen LogP contribution in [0, 0.1) is 37.5 Å². The number of carboxylic acids is 1. The Morgan fingerprint density at radius 2 is 1.60 bits per heavy atom. The Bertz CT molecular complexity index is 544. The fraction of sp³-hybridized carbons (Fsp3) is 0.706. The zero-order valence-electron chi connectivity index (χ0n) is 12.3. The molecule has 1 heterocycles. The van der Waals surface area contributed by atoms with Crippen molar-refractivity contribution in [1.29, 1.82) is 0 Å². The molecule has 3 nitrogen and oxygen atoms in total. The largest absolute Gasteiger partial charge is 0.478 e. The highest BCUT2D eigenvalue weighted by Gasteiger charge is 2.50. The van der Waals surface area contributed by atoms with Crippen LogP contribution in [0.4, 0.5) is 0 Å². The highest BCUT2D eigenvalue weighted by Crippen LogP contribution is 2.60. The van der Waals surface area contributed by atoms with Crippen LogP contribution in [0.25, 0.3) is 0 Å². The number of aryl methyl sites for hydroxylation is 1. The Hall–Kier alpha value is -1.25. The van der Waals surface area contributed by atoms with Gasteiger partial charge in [0.15, 0.2) is 0 Å². The van der Waals surface area contributed by atoms with Crippen molar-refractivity contribution in [3.05, 3.63) is 22.5 Å². The Morgan fingerprint density at radius 1 is 1.05 bits per heavy atom. The summed E-state index contributed by atoms with van der Waals surface area (Å²) in [5, 5.41) is 9.59. The maximum Gasteiger partial charge on any atom is 0.337 e. The van der Waals surface area contributed by atoms with Gasteiger partial charge in [-0.05, 0) is 75.2 Å². The normalized spacial score (nSPS) is 38.4. The molecule has 0 spiro atoms. The van der Waals surface area contributed by atoms with Crippen molar-refractivity contribution in [2.45, 2.75) is 51.9 Å². The SMILES string of the molecule is Cc1[nH]c(C2C3CC4CC(C3)CC2C4)c(C(=O)O)c1C. The van der Waals surface area contributed by atoms with Gasteiger partial charge in [-0.15, -0.1) is 0 Å². The van der Waals surface area contributed by atoms with E-state index in [0.717, 1.165) is 40.6 Å². The van der Waals surface area contributed by atoms with Crippen LogP contribution in [-0.4, -0.2) is 16.1 Å². The Morgan fingerprint density at radius 3 is 2.10 bits per heavy atom. The van der Waals surface area contributed by atoms with Gasteiger partial charge >= 0.3 is 5.97 Å². The molecule has 108 valence electrons. The Balaban J connectivity index is 1.78. The molecule has 0 atom stereocenters. The lowest BCUT2D eigenvalue weighted by atomic mass is 9.51. The summed E-state index contributed by atoms with van der Waals surface area (Å²) in [6, 6.07) is 0. The standard InChI is InChI=1S/C17H23NO2/c1-8-9(2)18-16(14(8)17(19)20)15-12-4-10-3-11(6-12)7-13(15)5-10/h10-13,15,18H,3-7H2,1-2H3,(H,19,20). The number of hydrogen-bond acceptors (Lipinski definition) is 1. The van der Waals surface area contributed by atoms with Gasteiger partial charge < -0.3 is 10.1 Å². The molecule has 4 aliphatic carbocycles. The fourth-order valence-electron chi connectivity index (χ4n) is 5.67. The number of carbonyl (C=O) groups is 1. The summed E-state index contributed by atoms with van der Waals surface area (Å²) in [6.07, 6.45) is 6.75. The third-order valence-corrected chi connectivity index (χ3v) is 6.30. The third kappa shape index (κ3) is 1.61. The first kappa shape index (κ1) is 12.5. The van der Waals surface area contributed by atoms with E-state index in [0.29, 0.717) is 11.5 Å². The average Bonchev–Trinajstić information content (AvgIpc) is 2.64. The molecule has 0 unspecified atom stereocenters. The van der Waals surface area contributed by atoms with Gasteiger partial charge in [0.2, 0.25) is 0 Å². The first-order valence-electron chi connectivity index (χ1n) is 7.97. The van der Waals surface area contributed by atoms with Gasteiger partial charge in [-0.1, -0.05) is 0 Å². The molecule has 0 aromatic carbocycles. The molecule has 5 rings (SSSR count). The van der Waals surface area contributed by atoms with E-state index < -0.39 is 5.97 Å². The lowest BCUT2D eigenvalue weighted by molar-refractivity contribution is -0.00439. The third-order valence-electron chi connectivity index (χ3n) is 6.30. The Kier molecular flexibility index (Phi) is 2.57. The van der Waals surface area contributed by atoms with E-state index >= 15 is 0 Å². The molecule has 0 radical (unpaired) electrons. The van der Waals surface area contributed by atoms with Crippen LogP contribution in [0.3, 0.4) is 0 Å². The fourth-order valence-corrected chi connectivity index (χ4v) is 5.67. The summed E-state index contributed by atoms with van der Waals surface area (Å²) in [4.78, 5) is 15.1. The van der Waals surface area contributed by atoms with Crippen molar-refractivity contribution < 1.29 is 9.90 Å². The minimum Gasteiger partial charge on any atom is -0.478 e. The van der Waals surface area contributed by atoms with E-state index in [1.807, 2.05) is 13.8 Å². The second-order valence-corrected chi connectivity index (χ2v) is 7.43. The zero-order chi connectivity index (χ0) is 14.0. The van der Waals surface area contributed by atoms with Crippen molar-refractivity contribution >= 4 is 5.97 Å². The number of carboxylic acid groups (broad SMARTS) is 1. The van der Waals surface area contributed by atoms with E-state index in [-0.39, 0.29) is 0 Å². The van der Waals surface area contributed by atoms with Crippen LogP contribution in [0.15, 0.2) is 0 Å². The molecule has 4 saturated carbocycles. The second-order valence-electron chi connectivity index (χ2n) is 7.43. The molecule has 0 aliphatic heterocycles. The smallest absolute Gasteiger partial charge is 0.337 e.